The minimum absolute atomic E-state index is 0.663. The molecule has 23 heavy (non-hydrogen) atoms. The van der Waals surface area contributed by atoms with Crippen molar-refractivity contribution in [1.29, 1.82) is 0 Å². The summed E-state index contributed by atoms with van der Waals surface area (Å²) in [5.74, 6) is 0. The molecule has 3 nitrogen and oxygen atoms in total. The van der Waals surface area contributed by atoms with E-state index in [9.17, 15) is 0 Å². The first-order valence-corrected chi connectivity index (χ1v) is 8.42. The maximum absolute atomic E-state index is 5.36. The lowest BCUT2D eigenvalue weighted by atomic mass is 10.2. The fourth-order valence-electron chi connectivity index (χ4n) is 2.43. The Hall–Kier alpha value is -2.07. The van der Waals surface area contributed by atoms with Gasteiger partial charge in [0.05, 0.1) is 0 Å². The molecule has 0 bridgehead atoms. The lowest BCUT2D eigenvalue weighted by molar-refractivity contribution is 0.779. The van der Waals surface area contributed by atoms with Gasteiger partial charge in [-0.25, -0.2) is 0 Å². The third kappa shape index (κ3) is 5.57. The highest BCUT2D eigenvalue weighted by Crippen LogP contribution is 2.14. The molecule has 2 aromatic carbocycles. The summed E-state index contributed by atoms with van der Waals surface area (Å²) in [6, 6.07) is 16.8. The van der Waals surface area contributed by atoms with Gasteiger partial charge in [0.1, 0.15) is 0 Å². The molecule has 0 amide bonds. The average molecular weight is 327 g/mol. The molecule has 0 radical (unpaired) electrons. The number of anilines is 2. The van der Waals surface area contributed by atoms with Crippen LogP contribution in [0.25, 0.3) is 0 Å². The van der Waals surface area contributed by atoms with E-state index < -0.39 is 0 Å². The number of aryl methyl sites for hydroxylation is 2. The Morgan fingerprint density at radius 2 is 1.78 bits per heavy atom. The van der Waals surface area contributed by atoms with Gasteiger partial charge in [-0.1, -0.05) is 29.8 Å². The van der Waals surface area contributed by atoms with E-state index in [1.807, 2.05) is 12.1 Å². The van der Waals surface area contributed by atoms with Crippen LogP contribution < -0.4 is 15.5 Å². The van der Waals surface area contributed by atoms with Crippen molar-refractivity contribution in [2.75, 3.05) is 29.9 Å². The Balaban J connectivity index is 1.80. The van der Waals surface area contributed by atoms with Crippen molar-refractivity contribution >= 4 is 28.7 Å². The first kappa shape index (κ1) is 17.3. The maximum atomic E-state index is 5.36. The molecule has 0 aliphatic rings. The van der Waals surface area contributed by atoms with Crippen molar-refractivity contribution in [1.82, 2.24) is 5.32 Å². The number of likely N-dealkylation sites (N-methyl/N-ethyl adjacent to an activating group) is 1. The molecule has 0 heterocycles. The third-order valence-electron chi connectivity index (χ3n) is 3.72. The number of thiocarbonyl (C=S) groups is 1. The van der Waals surface area contributed by atoms with E-state index >= 15 is 0 Å². The predicted octanol–water partition coefficient (Wildman–Crippen LogP) is 4.12. The minimum atomic E-state index is 0.663. The van der Waals surface area contributed by atoms with Gasteiger partial charge in [0.15, 0.2) is 5.11 Å². The zero-order valence-electron chi connectivity index (χ0n) is 14.1. The summed E-state index contributed by atoms with van der Waals surface area (Å²) in [6.07, 6.45) is 0. The number of rotatable bonds is 6. The molecule has 4 heteroatoms. The summed E-state index contributed by atoms with van der Waals surface area (Å²) in [5.41, 5.74) is 4.77. The highest BCUT2D eigenvalue weighted by Gasteiger charge is 2.04. The first-order valence-electron chi connectivity index (χ1n) is 8.01. The molecule has 2 rings (SSSR count). The van der Waals surface area contributed by atoms with Gasteiger partial charge in [-0.2, -0.15) is 0 Å². The predicted molar refractivity (Wildman–Crippen MR) is 104 cm³/mol. The topological polar surface area (TPSA) is 27.3 Å². The van der Waals surface area contributed by atoms with Crippen LogP contribution in [0.5, 0.6) is 0 Å². The van der Waals surface area contributed by atoms with E-state index in [1.54, 1.807) is 0 Å². The maximum Gasteiger partial charge on any atom is 0.170 e. The van der Waals surface area contributed by atoms with Crippen molar-refractivity contribution in [3.63, 3.8) is 0 Å². The second-order valence-corrected chi connectivity index (χ2v) is 6.07. The third-order valence-corrected chi connectivity index (χ3v) is 3.97. The molecule has 0 saturated carbocycles. The summed E-state index contributed by atoms with van der Waals surface area (Å²) >= 11 is 5.36. The van der Waals surface area contributed by atoms with Crippen LogP contribution in [-0.2, 0) is 0 Å². The highest BCUT2D eigenvalue weighted by molar-refractivity contribution is 7.80. The fourth-order valence-corrected chi connectivity index (χ4v) is 2.65. The zero-order chi connectivity index (χ0) is 16.7. The summed E-state index contributed by atoms with van der Waals surface area (Å²) in [4.78, 5) is 2.34. The van der Waals surface area contributed by atoms with E-state index in [0.717, 1.165) is 25.3 Å². The molecule has 0 saturated heterocycles. The first-order chi connectivity index (χ1) is 11.1. The van der Waals surface area contributed by atoms with Gasteiger partial charge in [-0.15, -0.1) is 0 Å². The number of hydrogen-bond acceptors (Lipinski definition) is 2. The Kier molecular flexibility index (Phi) is 6.41. The normalized spacial score (nSPS) is 10.2. The van der Waals surface area contributed by atoms with E-state index in [1.165, 1.54) is 16.8 Å². The molecule has 0 aromatic heterocycles. The van der Waals surface area contributed by atoms with E-state index in [4.69, 9.17) is 12.2 Å². The SMILES string of the molecule is CCN(CCNC(=S)Nc1cccc(C)c1)c1ccc(C)cc1. The standard InChI is InChI=1S/C19H25N3S/c1-4-22(18-10-8-15(2)9-11-18)13-12-20-19(23)21-17-7-5-6-16(3)14-17/h5-11,14H,4,12-13H2,1-3H3,(H2,20,21,23). The summed E-state index contributed by atoms with van der Waals surface area (Å²) in [5, 5.41) is 7.16. The molecule has 0 atom stereocenters. The van der Waals surface area contributed by atoms with Crippen LogP contribution in [0.3, 0.4) is 0 Å². The number of nitrogens with zero attached hydrogens (tertiary/aromatic N) is 1. The Morgan fingerprint density at radius 3 is 2.43 bits per heavy atom. The fraction of sp³-hybridized carbons (Fsp3) is 0.316. The minimum Gasteiger partial charge on any atom is -0.370 e. The molecular weight excluding hydrogens is 302 g/mol. The molecule has 0 spiro atoms. The monoisotopic (exact) mass is 327 g/mol. The number of hydrogen-bond donors (Lipinski definition) is 2. The van der Waals surface area contributed by atoms with Crippen LogP contribution in [0.1, 0.15) is 18.1 Å². The second-order valence-electron chi connectivity index (χ2n) is 5.67. The molecular formula is C19H25N3S. The van der Waals surface area contributed by atoms with E-state index in [2.05, 4.69) is 72.7 Å². The Morgan fingerprint density at radius 1 is 1.04 bits per heavy atom. The number of benzene rings is 2. The zero-order valence-corrected chi connectivity index (χ0v) is 14.9. The molecule has 0 unspecified atom stereocenters. The highest BCUT2D eigenvalue weighted by atomic mass is 32.1. The van der Waals surface area contributed by atoms with E-state index in [-0.39, 0.29) is 0 Å². The molecule has 2 aromatic rings. The van der Waals surface area contributed by atoms with Crippen molar-refractivity contribution < 1.29 is 0 Å². The van der Waals surface area contributed by atoms with Crippen LogP contribution in [0.15, 0.2) is 48.5 Å². The van der Waals surface area contributed by atoms with Crippen molar-refractivity contribution in [2.24, 2.45) is 0 Å². The number of nitrogens with one attached hydrogen (secondary N) is 2. The van der Waals surface area contributed by atoms with Gasteiger partial charge < -0.3 is 15.5 Å². The summed E-state index contributed by atoms with van der Waals surface area (Å²) in [6.45, 7) is 9.04. The van der Waals surface area contributed by atoms with Crippen molar-refractivity contribution in [3.8, 4) is 0 Å². The van der Waals surface area contributed by atoms with Crippen molar-refractivity contribution in [3.05, 3.63) is 59.7 Å². The van der Waals surface area contributed by atoms with Crippen LogP contribution in [0.2, 0.25) is 0 Å². The summed E-state index contributed by atoms with van der Waals surface area (Å²) < 4.78 is 0. The van der Waals surface area contributed by atoms with Gasteiger partial charge in [0, 0.05) is 31.0 Å². The van der Waals surface area contributed by atoms with Gasteiger partial charge in [-0.3, -0.25) is 0 Å². The summed E-state index contributed by atoms with van der Waals surface area (Å²) in [7, 11) is 0. The van der Waals surface area contributed by atoms with Crippen LogP contribution in [0, 0.1) is 13.8 Å². The van der Waals surface area contributed by atoms with Gasteiger partial charge in [-0.05, 0) is 62.8 Å². The van der Waals surface area contributed by atoms with Crippen LogP contribution in [0.4, 0.5) is 11.4 Å². The molecule has 122 valence electrons. The van der Waals surface area contributed by atoms with Gasteiger partial charge in [0.25, 0.3) is 0 Å². The van der Waals surface area contributed by atoms with Gasteiger partial charge in [0.2, 0.25) is 0 Å². The second kappa shape index (κ2) is 8.53. The van der Waals surface area contributed by atoms with Gasteiger partial charge >= 0.3 is 0 Å². The lowest BCUT2D eigenvalue weighted by Crippen LogP contribution is -2.36. The smallest absolute Gasteiger partial charge is 0.170 e. The molecule has 0 aliphatic heterocycles. The Labute approximate surface area is 144 Å². The quantitative estimate of drug-likeness (QED) is 0.781. The average Bonchev–Trinajstić information content (AvgIpc) is 2.53. The largest absolute Gasteiger partial charge is 0.370 e. The molecule has 0 fully saturated rings. The van der Waals surface area contributed by atoms with Crippen LogP contribution >= 0.6 is 12.2 Å². The van der Waals surface area contributed by atoms with Crippen molar-refractivity contribution in [2.45, 2.75) is 20.8 Å². The molecule has 2 N–H and O–H groups in total. The van der Waals surface area contributed by atoms with E-state index in [0.29, 0.717) is 5.11 Å². The molecule has 0 aliphatic carbocycles. The lowest BCUT2D eigenvalue weighted by Gasteiger charge is -2.24. The van der Waals surface area contributed by atoms with Crippen LogP contribution in [-0.4, -0.2) is 24.7 Å². The Bertz CT molecular complexity index is 637.